The van der Waals surface area contributed by atoms with Crippen molar-refractivity contribution in [1.29, 1.82) is 0 Å². The lowest BCUT2D eigenvalue weighted by Gasteiger charge is -2.26. The molecule has 1 aliphatic heterocycles. The van der Waals surface area contributed by atoms with Crippen molar-refractivity contribution in [1.82, 2.24) is 10.2 Å². The number of piperidine rings is 1. The second-order valence-electron chi connectivity index (χ2n) is 5.54. The Labute approximate surface area is 122 Å². The Balaban J connectivity index is 0.00000256. The number of rotatable bonds is 3. The molecule has 1 heterocycles. The summed E-state index contributed by atoms with van der Waals surface area (Å²) in [7, 11) is 0. The van der Waals surface area contributed by atoms with Crippen LogP contribution in [0.25, 0.3) is 0 Å². The molecule has 0 aliphatic carbocycles. The van der Waals surface area contributed by atoms with Crippen molar-refractivity contribution in [2.75, 3.05) is 26.2 Å². The van der Waals surface area contributed by atoms with E-state index in [0.717, 1.165) is 13.1 Å². The fourth-order valence-electron chi connectivity index (χ4n) is 1.92. The van der Waals surface area contributed by atoms with Crippen LogP contribution in [0, 0.1) is 0 Å². The highest BCUT2D eigenvalue weighted by atomic mass is 127. The van der Waals surface area contributed by atoms with E-state index in [4.69, 9.17) is 5.73 Å². The van der Waals surface area contributed by atoms with E-state index in [1.807, 2.05) is 0 Å². The molecule has 0 radical (unpaired) electrons. The van der Waals surface area contributed by atoms with Crippen molar-refractivity contribution in [3.63, 3.8) is 0 Å². The van der Waals surface area contributed by atoms with Crippen molar-refractivity contribution >= 4 is 29.9 Å². The molecule has 0 amide bonds. The Morgan fingerprint density at radius 3 is 2.35 bits per heavy atom. The Morgan fingerprint density at radius 1 is 1.24 bits per heavy atom. The molecule has 102 valence electrons. The highest BCUT2D eigenvalue weighted by Crippen LogP contribution is 2.07. The number of hydrogen-bond donors (Lipinski definition) is 2. The van der Waals surface area contributed by atoms with Gasteiger partial charge in [-0.3, -0.25) is 4.99 Å². The van der Waals surface area contributed by atoms with E-state index < -0.39 is 0 Å². The average Bonchev–Trinajstić information content (AvgIpc) is 2.16. The first kappa shape index (κ1) is 17.0. The molecule has 1 fully saturated rings. The third-order valence-corrected chi connectivity index (χ3v) is 2.65. The number of nitrogens with one attached hydrogen (secondary N) is 1. The minimum absolute atomic E-state index is 0. The zero-order valence-electron chi connectivity index (χ0n) is 11.3. The zero-order valence-corrected chi connectivity index (χ0v) is 13.7. The molecule has 0 aromatic rings. The van der Waals surface area contributed by atoms with Gasteiger partial charge in [-0.1, -0.05) is 6.42 Å². The highest BCUT2D eigenvalue weighted by molar-refractivity contribution is 14.0. The van der Waals surface area contributed by atoms with Crippen molar-refractivity contribution in [2.24, 2.45) is 10.7 Å². The van der Waals surface area contributed by atoms with Crippen molar-refractivity contribution < 1.29 is 0 Å². The number of guanidine groups is 1. The van der Waals surface area contributed by atoms with E-state index >= 15 is 0 Å². The number of nitrogens with zero attached hydrogens (tertiary/aromatic N) is 2. The zero-order chi connectivity index (χ0) is 12.0. The van der Waals surface area contributed by atoms with Crippen LogP contribution >= 0.6 is 24.0 Å². The molecule has 3 N–H and O–H groups in total. The molecule has 0 bridgehead atoms. The van der Waals surface area contributed by atoms with Gasteiger partial charge in [0.15, 0.2) is 5.96 Å². The van der Waals surface area contributed by atoms with Gasteiger partial charge in [0, 0.05) is 12.1 Å². The Morgan fingerprint density at radius 2 is 1.82 bits per heavy atom. The standard InChI is InChI=1S/C12H26N4.HI/c1-12(2,3)15-11(13)14-7-10-16-8-5-4-6-9-16;/h4-10H2,1-3H3,(H3,13,14,15);1H. The first-order chi connectivity index (χ1) is 7.47. The molecule has 17 heavy (non-hydrogen) atoms. The predicted octanol–water partition coefficient (Wildman–Crippen LogP) is 1.79. The molecule has 1 saturated heterocycles. The number of likely N-dealkylation sites (tertiary alicyclic amines) is 1. The maximum atomic E-state index is 5.80. The van der Waals surface area contributed by atoms with Gasteiger partial charge in [0.05, 0.1) is 6.54 Å². The number of aliphatic imine (C=N–C) groups is 1. The molecule has 0 saturated carbocycles. The summed E-state index contributed by atoms with van der Waals surface area (Å²) in [6.07, 6.45) is 4.05. The second kappa shape index (κ2) is 8.13. The molecule has 4 nitrogen and oxygen atoms in total. The van der Waals surface area contributed by atoms with Crippen LogP contribution in [0.15, 0.2) is 4.99 Å². The largest absolute Gasteiger partial charge is 0.370 e. The summed E-state index contributed by atoms with van der Waals surface area (Å²) in [5.41, 5.74) is 5.79. The molecule has 5 heteroatoms. The van der Waals surface area contributed by atoms with Gasteiger partial charge in [0.2, 0.25) is 0 Å². The van der Waals surface area contributed by atoms with E-state index in [1.165, 1.54) is 32.4 Å². The van der Waals surface area contributed by atoms with Crippen LogP contribution in [-0.2, 0) is 0 Å². The average molecular weight is 354 g/mol. The molecule has 0 atom stereocenters. The van der Waals surface area contributed by atoms with Gasteiger partial charge in [-0.15, -0.1) is 24.0 Å². The Hall–Kier alpha value is -0.0400. The van der Waals surface area contributed by atoms with Crippen LogP contribution in [0.3, 0.4) is 0 Å². The van der Waals surface area contributed by atoms with Crippen molar-refractivity contribution in [2.45, 2.75) is 45.6 Å². The van der Waals surface area contributed by atoms with Crippen LogP contribution < -0.4 is 11.1 Å². The summed E-state index contributed by atoms with van der Waals surface area (Å²) >= 11 is 0. The van der Waals surface area contributed by atoms with Gasteiger partial charge < -0.3 is 16.0 Å². The van der Waals surface area contributed by atoms with E-state index in [9.17, 15) is 0 Å². The van der Waals surface area contributed by atoms with E-state index in [0.29, 0.717) is 5.96 Å². The normalized spacial score (nSPS) is 18.6. The molecule has 0 aromatic carbocycles. The third-order valence-electron chi connectivity index (χ3n) is 2.65. The lowest BCUT2D eigenvalue weighted by Crippen LogP contribution is -2.45. The molecule has 0 unspecified atom stereocenters. The third kappa shape index (κ3) is 8.65. The molecule has 1 rings (SSSR count). The summed E-state index contributed by atoms with van der Waals surface area (Å²) in [6.45, 7) is 10.5. The fourth-order valence-corrected chi connectivity index (χ4v) is 1.92. The SMILES string of the molecule is CC(C)(C)NC(N)=NCCN1CCCCC1.I. The monoisotopic (exact) mass is 354 g/mol. The summed E-state index contributed by atoms with van der Waals surface area (Å²) in [6, 6.07) is 0. The Kier molecular flexibility index (Phi) is 8.11. The fraction of sp³-hybridized carbons (Fsp3) is 0.917. The summed E-state index contributed by atoms with van der Waals surface area (Å²) < 4.78 is 0. The molecule has 1 aliphatic rings. The minimum atomic E-state index is -0.00128. The maximum absolute atomic E-state index is 5.80. The number of hydrogen-bond acceptors (Lipinski definition) is 2. The first-order valence-electron chi connectivity index (χ1n) is 6.28. The van der Waals surface area contributed by atoms with Gasteiger partial charge >= 0.3 is 0 Å². The van der Waals surface area contributed by atoms with Crippen LogP contribution in [-0.4, -0.2) is 42.6 Å². The lowest BCUT2D eigenvalue weighted by molar-refractivity contribution is 0.235. The van der Waals surface area contributed by atoms with Crippen LogP contribution in [0.2, 0.25) is 0 Å². The lowest BCUT2D eigenvalue weighted by atomic mass is 10.1. The highest BCUT2D eigenvalue weighted by Gasteiger charge is 2.11. The van der Waals surface area contributed by atoms with Crippen LogP contribution in [0.1, 0.15) is 40.0 Å². The van der Waals surface area contributed by atoms with Gasteiger partial charge in [0.25, 0.3) is 0 Å². The second-order valence-corrected chi connectivity index (χ2v) is 5.54. The molecular formula is C12H27IN4. The number of halogens is 1. The summed E-state index contributed by atoms with van der Waals surface area (Å²) in [5.74, 6) is 0.560. The van der Waals surface area contributed by atoms with E-state index in [1.54, 1.807) is 0 Å². The van der Waals surface area contributed by atoms with Gasteiger partial charge in [-0.05, 0) is 46.7 Å². The molecule has 0 aromatic heterocycles. The smallest absolute Gasteiger partial charge is 0.189 e. The minimum Gasteiger partial charge on any atom is -0.370 e. The molecular weight excluding hydrogens is 327 g/mol. The van der Waals surface area contributed by atoms with Gasteiger partial charge in [-0.2, -0.15) is 0 Å². The quantitative estimate of drug-likeness (QED) is 0.462. The summed E-state index contributed by atoms with van der Waals surface area (Å²) in [5, 5.41) is 3.17. The first-order valence-corrected chi connectivity index (χ1v) is 6.28. The van der Waals surface area contributed by atoms with Crippen molar-refractivity contribution in [3.05, 3.63) is 0 Å². The topological polar surface area (TPSA) is 53.6 Å². The van der Waals surface area contributed by atoms with Gasteiger partial charge in [-0.25, -0.2) is 0 Å². The predicted molar refractivity (Wildman–Crippen MR) is 85.1 cm³/mol. The van der Waals surface area contributed by atoms with Crippen LogP contribution in [0.4, 0.5) is 0 Å². The van der Waals surface area contributed by atoms with Gasteiger partial charge in [0.1, 0.15) is 0 Å². The molecule has 0 spiro atoms. The summed E-state index contributed by atoms with van der Waals surface area (Å²) in [4.78, 5) is 6.81. The Bertz CT molecular complexity index is 229. The van der Waals surface area contributed by atoms with E-state index in [2.05, 4.69) is 36.0 Å². The van der Waals surface area contributed by atoms with E-state index in [-0.39, 0.29) is 29.5 Å². The maximum Gasteiger partial charge on any atom is 0.189 e. The number of nitrogens with two attached hydrogens (primary N) is 1. The van der Waals surface area contributed by atoms with Crippen LogP contribution in [0.5, 0.6) is 0 Å². The van der Waals surface area contributed by atoms with Crippen molar-refractivity contribution in [3.8, 4) is 0 Å².